The molecule has 4 aromatic rings. The Balaban J connectivity index is 1.63. The lowest BCUT2D eigenvalue weighted by molar-refractivity contribution is 0.602. The van der Waals surface area contributed by atoms with E-state index in [0.29, 0.717) is 11.5 Å². The molecular weight excluding hydrogens is 426 g/mol. The maximum absolute atomic E-state index is 11.6. The molecule has 0 bridgehead atoms. The number of pyridine rings is 2. The lowest BCUT2D eigenvalue weighted by Crippen LogP contribution is -1.98. The second-order valence-electron chi connectivity index (χ2n) is 6.85. The standard InChI is InChI=1S/C24H19N3O2S2/c1-30-20-8-3-17(4-9-20)5-12-23-22-15-24(26-16-18(22)13-14-25-23)27-19-6-10-21(11-7-19)31(2,28)29/h3-4,6-11,13-16H,1-2H3,(H,26,27). The highest BCUT2D eigenvalue weighted by molar-refractivity contribution is 7.98. The van der Waals surface area contributed by atoms with Gasteiger partial charge in [-0.25, -0.2) is 18.4 Å². The minimum atomic E-state index is -3.23. The number of nitrogens with zero attached hydrogens (tertiary/aromatic N) is 2. The van der Waals surface area contributed by atoms with Crippen LogP contribution in [0.4, 0.5) is 11.5 Å². The van der Waals surface area contributed by atoms with Gasteiger partial charge in [0.15, 0.2) is 9.84 Å². The van der Waals surface area contributed by atoms with E-state index in [0.717, 1.165) is 22.0 Å². The summed E-state index contributed by atoms with van der Waals surface area (Å²) in [5, 5.41) is 5.03. The van der Waals surface area contributed by atoms with Gasteiger partial charge in [-0.3, -0.25) is 0 Å². The van der Waals surface area contributed by atoms with Crippen molar-refractivity contribution in [3.63, 3.8) is 0 Å². The van der Waals surface area contributed by atoms with Crippen LogP contribution in [-0.4, -0.2) is 30.9 Å². The number of thioether (sulfide) groups is 1. The van der Waals surface area contributed by atoms with E-state index >= 15 is 0 Å². The first-order valence-corrected chi connectivity index (χ1v) is 12.5. The van der Waals surface area contributed by atoms with Crippen LogP contribution in [0.3, 0.4) is 0 Å². The van der Waals surface area contributed by atoms with Crippen LogP contribution in [0.2, 0.25) is 0 Å². The number of fused-ring (bicyclic) bond motifs is 1. The van der Waals surface area contributed by atoms with Crippen LogP contribution in [-0.2, 0) is 9.84 Å². The summed E-state index contributed by atoms with van der Waals surface area (Å²) in [6.45, 7) is 0. The van der Waals surface area contributed by atoms with Gasteiger partial charge in [0.25, 0.3) is 0 Å². The highest BCUT2D eigenvalue weighted by Crippen LogP contribution is 2.23. The third-order valence-corrected chi connectivity index (χ3v) is 6.49. The Kier molecular flexibility index (Phi) is 5.94. The van der Waals surface area contributed by atoms with Gasteiger partial charge in [-0.2, -0.15) is 0 Å². The number of aromatic nitrogens is 2. The minimum absolute atomic E-state index is 0.275. The summed E-state index contributed by atoms with van der Waals surface area (Å²) in [5.41, 5.74) is 2.34. The fourth-order valence-corrected chi connectivity index (χ4v) is 4.01. The van der Waals surface area contributed by atoms with Gasteiger partial charge in [-0.05, 0) is 72.8 Å². The smallest absolute Gasteiger partial charge is 0.175 e. The van der Waals surface area contributed by atoms with Crippen molar-refractivity contribution in [1.82, 2.24) is 9.97 Å². The molecule has 0 aliphatic rings. The van der Waals surface area contributed by atoms with Gasteiger partial charge in [-0.15, -0.1) is 11.8 Å². The van der Waals surface area contributed by atoms with E-state index in [1.165, 1.54) is 11.2 Å². The lowest BCUT2D eigenvalue weighted by Gasteiger charge is -2.08. The van der Waals surface area contributed by atoms with E-state index in [1.54, 1.807) is 48.4 Å². The van der Waals surface area contributed by atoms with E-state index < -0.39 is 9.84 Å². The monoisotopic (exact) mass is 445 g/mol. The number of rotatable bonds is 4. The molecule has 0 amide bonds. The average Bonchev–Trinajstić information content (AvgIpc) is 2.78. The first-order chi connectivity index (χ1) is 14.9. The van der Waals surface area contributed by atoms with Gasteiger partial charge in [0.1, 0.15) is 11.5 Å². The molecule has 2 heterocycles. The van der Waals surface area contributed by atoms with Crippen molar-refractivity contribution >= 4 is 43.9 Å². The van der Waals surface area contributed by atoms with E-state index in [-0.39, 0.29) is 4.90 Å². The van der Waals surface area contributed by atoms with E-state index in [1.807, 2.05) is 42.7 Å². The van der Waals surface area contributed by atoms with E-state index in [4.69, 9.17) is 0 Å². The van der Waals surface area contributed by atoms with Crippen molar-refractivity contribution < 1.29 is 8.42 Å². The largest absolute Gasteiger partial charge is 0.340 e. The second-order valence-corrected chi connectivity index (χ2v) is 9.75. The van der Waals surface area contributed by atoms with Crippen molar-refractivity contribution in [2.45, 2.75) is 9.79 Å². The van der Waals surface area contributed by atoms with Gasteiger partial charge in [0.2, 0.25) is 0 Å². The van der Waals surface area contributed by atoms with Crippen LogP contribution in [0.1, 0.15) is 11.3 Å². The molecular formula is C24H19N3O2S2. The first-order valence-electron chi connectivity index (χ1n) is 9.40. The molecule has 0 spiro atoms. The van der Waals surface area contributed by atoms with Crippen molar-refractivity contribution in [2.75, 3.05) is 17.8 Å². The Labute approximate surface area is 185 Å². The summed E-state index contributed by atoms with van der Waals surface area (Å²) in [6.07, 6.45) is 6.72. The zero-order chi connectivity index (χ0) is 21.8. The molecule has 7 heteroatoms. The zero-order valence-corrected chi connectivity index (χ0v) is 18.6. The molecule has 4 rings (SSSR count). The number of sulfone groups is 1. The highest BCUT2D eigenvalue weighted by atomic mass is 32.2. The molecule has 154 valence electrons. The molecule has 0 aliphatic carbocycles. The normalized spacial score (nSPS) is 11.0. The lowest BCUT2D eigenvalue weighted by atomic mass is 10.1. The maximum Gasteiger partial charge on any atom is 0.175 e. The number of benzene rings is 2. The van der Waals surface area contributed by atoms with E-state index in [2.05, 4.69) is 27.1 Å². The van der Waals surface area contributed by atoms with Crippen LogP contribution in [0.15, 0.2) is 82.8 Å². The van der Waals surface area contributed by atoms with Gasteiger partial charge in [0.05, 0.1) is 4.90 Å². The molecule has 0 saturated carbocycles. The highest BCUT2D eigenvalue weighted by Gasteiger charge is 2.07. The van der Waals surface area contributed by atoms with Gasteiger partial charge in [0, 0.05) is 45.6 Å². The minimum Gasteiger partial charge on any atom is -0.340 e. The molecule has 31 heavy (non-hydrogen) atoms. The van der Waals surface area contributed by atoms with Gasteiger partial charge >= 0.3 is 0 Å². The van der Waals surface area contributed by atoms with Crippen LogP contribution in [0.25, 0.3) is 10.8 Å². The van der Waals surface area contributed by atoms with Crippen molar-refractivity contribution in [3.8, 4) is 11.8 Å². The Morgan fingerprint density at radius 3 is 2.35 bits per heavy atom. The maximum atomic E-state index is 11.6. The Hall–Kier alpha value is -3.34. The third kappa shape index (κ3) is 5.05. The SMILES string of the molecule is CSc1ccc(C#Cc2nccc3cnc(Nc4ccc(S(C)(=O)=O)cc4)cc23)cc1. The third-order valence-electron chi connectivity index (χ3n) is 4.62. The summed E-state index contributed by atoms with van der Waals surface area (Å²) in [5.74, 6) is 6.97. The van der Waals surface area contributed by atoms with Gasteiger partial charge in [-0.1, -0.05) is 5.92 Å². The molecule has 0 unspecified atom stereocenters. The zero-order valence-electron chi connectivity index (χ0n) is 17.0. The van der Waals surface area contributed by atoms with Crippen molar-refractivity contribution in [3.05, 3.63) is 84.3 Å². The van der Waals surface area contributed by atoms with Crippen LogP contribution in [0.5, 0.6) is 0 Å². The van der Waals surface area contributed by atoms with Crippen LogP contribution in [0, 0.1) is 11.8 Å². The van der Waals surface area contributed by atoms with Crippen LogP contribution >= 0.6 is 11.8 Å². The van der Waals surface area contributed by atoms with Crippen molar-refractivity contribution in [1.29, 1.82) is 0 Å². The average molecular weight is 446 g/mol. The van der Waals surface area contributed by atoms with Crippen molar-refractivity contribution in [2.24, 2.45) is 0 Å². The number of hydrogen-bond donors (Lipinski definition) is 1. The molecule has 0 radical (unpaired) electrons. The molecule has 0 aliphatic heterocycles. The predicted octanol–water partition coefficient (Wildman–Crippen LogP) is 4.90. The fraction of sp³-hybridized carbons (Fsp3) is 0.0833. The van der Waals surface area contributed by atoms with Crippen LogP contribution < -0.4 is 5.32 Å². The second kappa shape index (κ2) is 8.80. The predicted molar refractivity (Wildman–Crippen MR) is 127 cm³/mol. The molecule has 0 fully saturated rings. The summed E-state index contributed by atoms with van der Waals surface area (Å²) in [7, 11) is -3.23. The Morgan fingerprint density at radius 2 is 1.68 bits per heavy atom. The fourth-order valence-electron chi connectivity index (χ4n) is 2.97. The number of anilines is 2. The molecule has 5 nitrogen and oxygen atoms in total. The van der Waals surface area contributed by atoms with Gasteiger partial charge < -0.3 is 5.32 Å². The van der Waals surface area contributed by atoms with E-state index in [9.17, 15) is 8.42 Å². The molecule has 1 N–H and O–H groups in total. The quantitative estimate of drug-likeness (QED) is 0.356. The summed E-state index contributed by atoms with van der Waals surface area (Å²) < 4.78 is 23.3. The molecule has 0 atom stereocenters. The summed E-state index contributed by atoms with van der Waals surface area (Å²) in [4.78, 5) is 10.4. The summed E-state index contributed by atoms with van der Waals surface area (Å²) >= 11 is 1.69. The molecule has 0 saturated heterocycles. The number of hydrogen-bond acceptors (Lipinski definition) is 6. The number of nitrogens with one attached hydrogen (secondary N) is 1. The topological polar surface area (TPSA) is 72.0 Å². The molecule has 2 aromatic carbocycles. The molecule has 2 aromatic heterocycles. The Bertz CT molecular complexity index is 1400. The first kappa shape index (κ1) is 20.9. The Morgan fingerprint density at radius 1 is 0.935 bits per heavy atom. The summed E-state index contributed by atoms with van der Waals surface area (Å²) in [6, 6.07) is 18.4.